The number of halogens is 17. The fourth-order valence-electron chi connectivity index (χ4n) is 1.19. The molecular formula is C9F17NO. The third-order valence-electron chi connectivity index (χ3n) is 2.62. The molecule has 0 aromatic rings. The lowest BCUT2D eigenvalue weighted by molar-refractivity contribution is -0.439. The highest BCUT2D eigenvalue weighted by Gasteiger charge is 2.91. The van der Waals surface area contributed by atoms with Gasteiger partial charge in [-0.25, -0.2) is 0 Å². The lowest BCUT2D eigenvalue weighted by Gasteiger charge is -2.38. The molecule has 0 saturated carbocycles. The van der Waals surface area contributed by atoms with E-state index in [4.69, 9.17) is 0 Å². The zero-order chi connectivity index (χ0) is 23.4. The van der Waals surface area contributed by atoms with Gasteiger partial charge in [-0.15, -0.1) is 0 Å². The predicted octanol–water partition coefficient (Wildman–Crippen LogP) is 5.18. The number of hydrogen-bond donors (Lipinski definition) is 0. The molecule has 166 valence electrons. The van der Waals surface area contributed by atoms with Gasteiger partial charge in [0.05, 0.1) is 0 Å². The molecular weight excluding hydrogens is 461 g/mol. The minimum absolute atomic E-state index is 0.219. The fraction of sp³-hybridized carbons (Fsp3) is 0.778. The molecule has 0 unspecified atom stereocenters. The minimum atomic E-state index is -8.43. The van der Waals surface area contributed by atoms with Gasteiger partial charge in [0.15, 0.2) is 0 Å². The van der Waals surface area contributed by atoms with Crippen LogP contribution in [0.4, 0.5) is 74.6 Å². The Bertz CT molecular complexity index is 638. The predicted molar refractivity (Wildman–Crippen MR) is 50.4 cm³/mol. The SMILES string of the molecule is O=C(F)C(=NC(F)(F)C(F)(F)C(F)(F)C(F)(F)C(F)(F)C(F)(F)F)C(F)(F)F. The summed E-state index contributed by atoms with van der Waals surface area (Å²) in [4.78, 5) is 10.1. The van der Waals surface area contributed by atoms with Crippen LogP contribution in [0.3, 0.4) is 0 Å². The quantitative estimate of drug-likeness (QED) is 0.232. The molecule has 0 aliphatic rings. The van der Waals surface area contributed by atoms with Gasteiger partial charge in [-0.2, -0.15) is 79.6 Å². The van der Waals surface area contributed by atoms with Crippen LogP contribution in [0.15, 0.2) is 4.99 Å². The van der Waals surface area contributed by atoms with Crippen LogP contribution >= 0.6 is 0 Å². The molecule has 0 amide bonds. The van der Waals surface area contributed by atoms with Gasteiger partial charge in [0.2, 0.25) is 5.71 Å². The number of carbonyl (C=O) groups is 1. The molecule has 19 heteroatoms. The maximum atomic E-state index is 13.0. The average Bonchev–Trinajstić information content (AvgIpc) is 2.41. The van der Waals surface area contributed by atoms with Crippen LogP contribution in [0, 0.1) is 0 Å². The number of nitrogens with zero attached hydrogens (tertiary/aromatic N) is 1. The maximum absolute atomic E-state index is 13.0. The van der Waals surface area contributed by atoms with Crippen molar-refractivity contribution >= 4 is 11.7 Å². The second kappa shape index (κ2) is 6.60. The lowest BCUT2D eigenvalue weighted by atomic mass is 9.96. The number of aliphatic imine (C=N–C) groups is 1. The Hall–Kier alpha value is -1.85. The molecule has 0 radical (unpaired) electrons. The van der Waals surface area contributed by atoms with Crippen molar-refractivity contribution in [2.75, 3.05) is 0 Å². The first-order valence-electron chi connectivity index (χ1n) is 5.61. The first kappa shape index (κ1) is 26.1. The van der Waals surface area contributed by atoms with Crippen molar-refractivity contribution < 1.29 is 79.4 Å². The van der Waals surface area contributed by atoms with Gasteiger partial charge < -0.3 is 0 Å². The Kier molecular flexibility index (Phi) is 6.16. The van der Waals surface area contributed by atoms with E-state index in [1.54, 1.807) is 0 Å². The fourth-order valence-corrected chi connectivity index (χ4v) is 1.19. The molecule has 0 aromatic heterocycles. The van der Waals surface area contributed by atoms with E-state index < -0.39 is 53.8 Å². The Morgan fingerprint density at radius 3 is 1.11 bits per heavy atom. The van der Waals surface area contributed by atoms with E-state index in [0.29, 0.717) is 0 Å². The maximum Gasteiger partial charge on any atom is 0.460 e. The van der Waals surface area contributed by atoms with E-state index in [-0.39, 0.29) is 4.99 Å². The summed E-state index contributed by atoms with van der Waals surface area (Å²) in [6.07, 6.45) is -14.4. The van der Waals surface area contributed by atoms with Crippen molar-refractivity contribution in [3.63, 3.8) is 0 Å². The van der Waals surface area contributed by atoms with E-state index in [0.717, 1.165) is 0 Å². The summed E-state index contributed by atoms with van der Waals surface area (Å²) in [7, 11) is 0. The van der Waals surface area contributed by atoms with Gasteiger partial charge in [0.25, 0.3) is 0 Å². The van der Waals surface area contributed by atoms with Crippen molar-refractivity contribution in [1.29, 1.82) is 0 Å². The van der Waals surface area contributed by atoms with E-state index in [2.05, 4.69) is 0 Å². The Balaban J connectivity index is 6.67. The molecule has 0 heterocycles. The first-order chi connectivity index (χ1) is 11.8. The third-order valence-corrected chi connectivity index (χ3v) is 2.62. The molecule has 0 rings (SSSR count). The second-order valence-electron chi connectivity index (χ2n) is 4.57. The largest absolute Gasteiger partial charge is 0.460 e. The molecule has 0 aliphatic heterocycles. The third kappa shape index (κ3) is 3.83. The summed E-state index contributed by atoms with van der Waals surface area (Å²) in [5.74, 6) is -33.1. The molecule has 0 N–H and O–H groups in total. The van der Waals surface area contributed by atoms with Gasteiger partial charge in [0, 0.05) is 0 Å². The van der Waals surface area contributed by atoms with Crippen LogP contribution < -0.4 is 0 Å². The first-order valence-corrected chi connectivity index (χ1v) is 5.61. The average molecular weight is 461 g/mol. The minimum Gasteiger partial charge on any atom is -0.254 e. The number of rotatable bonds is 6. The highest BCUT2D eigenvalue weighted by molar-refractivity contribution is 6.38. The molecule has 28 heavy (non-hydrogen) atoms. The van der Waals surface area contributed by atoms with Gasteiger partial charge in [-0.05, 0) is 0 Å². The van der Waals surface area contributed by atoms with Crippen LogP contribution in [0.2, 0.25) is 0 Å². The van der Waals surface area contributed by atoms with Gasteiger partial charge >= 0.3 is 48.1 Å². The summed E-state index contributed by atoms with van der Waals surface area (Å²) in [5, 5.41) is 0. The molecule has 0 fully saturated rings. The van der Waals surface area contributed by atoms with Crippen molar-refractivity contribution in [2.24, 2.45) is 4.99 Å². The van der Waals surface area contributed by atoms with E-state index in [1.807, 2.05) is 0 Å². The summed E-state index contributed by atoms with van der Waals surface area (Å²) < 4.78 is 212. The smallest absolute Gasteiger partial charge is 0.254 e. The van der Waals surface area contributed by atoms with Crippen molar-refractivity contribution in [3.8, 4) is 0 Å². The summed E-state index contributed by atoms with van der Waals surface area (Å²) in [5.41, 5.74) is -4.20. The topological polar surface area (TPSA) is 29.4 Å². The van der Waals surface area contributed by atoms with E-state index in [9.17, 15) is 79.4 Å². The van der Waals surface area contributed by atoms with Crippen molar-refractivity contribution in [2.45, 2.75) is 42.1 Å². The van der Waals surface area contributed by atoms with Gasteiger partial charge in [0.1, 0.15) is 0 Å². The van der Waals surface area contributed by atoms with Crippen molar-refractivity contribution in [3.05, 3.63) is 0 Å². The molecule has 0 spiro atoms. The van der Waals surface area contributed by atoms with Crippen LogP contribution in [0.1, 0.15) is 0 Å². The Morgan fingerprint density at radius 1 is 0.536 bits per heavy atom. The number of hydrogen-bond acceptors (Lipinski definition) is 2. The molecule has 2 nitrogen and oxygen atoms in total. The van der Waals surface area contributed by atoms with Crippen molar-refractivity contribution in [1.82, 2.24) is 0 Å². The number of alkyl halides is 16. The lowest BCUT2D eigenvalue weighted by Crippen LogP contribution is -2.70. The van der Waals surface area contributed by atoms with Crippen LogP contribution in [-0.4, -0.2) is 53.8 Å². The van der Waals surface area contributed by atoms with E-state index >= 15 is 0 Å². The zero-order valence-electron chi connectivity index (χ0n) is 11.8. The zero-order valence-corrected chi connectivity index (χ0v) is 11.8. The normalized spacial score (nSPS) is 16.4. The van der Waals surface area contributed by atoms with Crippen LogP contribution in [0.5, 0.6) is 0 Å². The molecule has 0 aliphatic carbocycles. The van der Waals surface area contributed by atoms with E-state index in [1.165, 1.54) is 0 Å². The standard InChI is InChI=1S/C9F17NO/c10-2(28)1(3(11,12)13)27-9(25,26)7(20,21)5(16,17)4(14,15)6(18,19)8(22,23)24. The molecule has 0 saturated heterocycles. The van der Waals surface area contributed by atoms with Crippen LogP contribution in [-0.2, 0) is 4.79 Å². The molecule has 0 atom stereocenters. The molecule has 0 bridgehead atoms. The summed E-state index contributed by atoms with van der Waals surface area (Å²) in [6.45, 7) is 0. The highest BCUT2D eigenvalue weighted by Crippen LogP contribution is 2.60. The van der Waals surface area contributed by atoms with Crippen LogP contribution in [0.25, 0.3) is 0 Å². The Morgan fingerprint density at radius 2 is 0.857 bits per heavy atom. The highest BCUT2D eigenvalue weighted by atomic mass is 19.4. The monoisotopic (exact) mass is 461 g/mol. The second-order valence-corrected chi connectivity index (χ2v) is 4.57. The number of carbonyl (C=O) groups excluding carboxylic acids is 1. The summed E-state index contributed by atoms with van der Waals surface area (Å²) >= 11 is 0. The van der Waals surface area contributed by atoms with Gasteiger partial charge in [-0.3, -0.25) is 4.79 Å². The molecule has 0 aromatic carbocycles. The van der Waals surface area contributed by atoms with Gasteiger partial charge in [-0.1, -0.05) is 0 Å². The Labute approximate surface area is 140 Å². The summed E-state index contributed by atoms with van der Waals surface area (Å²) in [6, 6.07) is -11.7.